The molecule has 0 amide bonds. The fourth-order valence-electron chi connectivity index (χ4n) is 1.35. The topological polar surface area (TPSA) is 71.1 Å². The Bertz CT molecular complexity index is 241. The normalized spacial score (nSPS) is 10.4. The molecule has 0 atom stereocenters. The van der Waals surface area contributed by atoms with Crippen molar-refractivity contribution in [2.45, 2.75) is 46.0 Å². The summed E-state index contributed by atoms with van der Waals surface area (Å²) in [4.78, 5) is 22.6. The van der Waals surface area contributed by atoms with E-state index >= 15 is 0 Å². The summed E-state index contributed by atoms with van der Waals surface area (Å²) in [6, 6.07) is 0. The van der Waals surface area contributed by atoms with E-state index in [1.165, 1.54) is 0 Å². The molecule has 0 radical (unpaired) electrons. The van der Waals surface area contributed by atoms with Crippen LogP contribution in [0.4, 0.5) is 0 Å². The predicted octanol–water partition coefficient (Wildman–Crippen LogP) is 2.10. The van der Waals surface area contributed by atoms with Crippen molar-refractivity contribution in [2.75, 3.05) is 39.6 Å². The number of carbonyl (C=O) groups excluding carboxylic acids is 2. The Morgan fingerprint density at radius 2 is 1.10 bits per heavy atom. The van der Waals surface area contributed by atoms with Gasteiger partial charge in [0.15, 0.2) is 0 Å². The summed E-state index contributed by atoms with van der Waals surface area (Å²) in [7, 11) is 0. The van der Waals surface area contributed by atoms with Gasteiger partial charge in [0, 0.05) is 13.2 Å². The highest BCUT2D eigenvalue weighted by molar-refractivity contribution is 5.91. The van der Waals surface area contributed by atoms with Crippen LogP contribution in [-0.4, -0.2) is 51.6 Å². The first-order valence-electron chi connectivity index (χ1n) is 7.67. The lowest BCUT2D eigenvalue weighted by Crippen LogP contribution is -2.18. The van der Waals surface area contributed by atoms with Gasteiger partial charge < -0.3 is 18.9 Å². The van der Waals surface area contributed by atoms with Gasteiger partial charge in [0.25, 0.3) is 0 Å². The van der Waals surface area contributed by atoms with E-state index in [2.05, 4.69) is 13.8 Å². The molecule has 0 aliphatic rings. The number of esters is 2. The van der Waals surface area contributed by atoms with Gasteiger partial charge in [-0.05, 0) is 12.8 Å². The summed E-state index contributed by atoms with van der Waals surface area (Å²) < 4.78 is 20.2. The molecule has 0 aromatic rings. The van der Waals surface area contributed by atoms with Crippen molar-refractivity contribution in [1.29, 1.82) is 0 Å². The van der Waals surface area contributed by atoms with E-state index in [4.69, 9.17) is 18.9 Å². The summed E-state index contributed by atoms with van der Waals surface area (Å²) in [5.41, 5.74) is 0. The summed E-state index contributed by atoms with van der Waals surface area (Å²) in [6.45, 7) is 6.50. The van der Waals surface area contributed by atoms with Gasteiger partial charge >= 0.3 is 11.9 Å². The zero-order valence-corrected chi connectivity index (χ0v) is 13.2. The molecule has 0 saturated carbocycles. The second-order valence-corrected chi connectivity index (χ2v) is 4.55. The molecule has 0 aliphatic carbocycles. The van der Waals surface area contributed by atoms with Gasteiger partial charge in [0.2, 0.25) is 0 Å². The van der Waals surface area contributed by atoms with Crippen LogP contribution in [0.3, 0.4) is 0 Å². The van der Waals surface area contributed by atoms with Crippen LogP contribution in [0.2, 0.25) is 0 Å². The zero-order valence-electron chi connectivity index (χ0n) is 13.2. The maximum Gasteiger partial charge on any atom is 0.317 e. The molecule has 0 heterocycles. The maximum absolute atomic E-state index is 11.3. The predicted molar refractivity (Wildman–Crippen MR) is 78.0 cm³/mol. The van der Waals surface area contributed by atoms with E-state index in [-0.39, 0.29) is 19.6 Å². The summed E-state index contributed by atoms with van der Waals surface area (Å²) in [5, 5.41) is 0. The third-order valence-corrected chi connectivity index (χ3v) is 2.55. The molecule has 6 nitrogen and oxygen atoms in total. The number of rotatable bonds is 14. The zero-order chi connectivity index (χ0) is 15.8. The minimum absolute atomic E-state index is 0.163. The van der Waals surface area contributed by atoms with Gasteiger partial charge in [0.1, 0.15) is 19.6 Å². The molecular weight excluding hydrogens is 276 g/mol. The van der Waals surface area contributed by atoms with Crippen LogP contribution in [0.5, 0.6) is 0 Å². The first kappa shape index (κ1) is 19.9. The van der Waals surface area contributed by atoms with E-state index in [1.807, 2.05) is 0 Å². The van der Waals surface area contributed by atoms with Crippen molar-refractivity contribution in [1.82, 2.24) is 0 Å². The van der Waals surface area contributed by atoms with E-state index < -0.39 is 11.9 Å². The largest absolute Gasteiger partial charge is 0.463 e. The standard InChI is InChI=1S/C15H28O6/c1-3-5-7-18-9-11-20-14(16)13-15(17)21-12-10-19-8-6-4-2/h3-13H2,1-2H3. The lowest BCUT2D eigenvalue weighted by Gasteiger charge is -2.07. The highest BCUT2D eigenvalue weighted by atomic mass is 16.6. The number of unbranched alkanes of at least 4 members (excludes halogenated alkanes) is 2. The highest BCUT2D eigenvalue weighted by Crippen LogP contribution is 1.94. The van der Waals surface area contributed by atoms with Crippen LogP contribution in [0.1, 0.15) is 46.0 Å². The van der Waals surface area contributed by atoms with Gasteiger partial charge in [-0.3, -0.25) is 9.59 Å². The van der Waals surface area contributed by atoms with Crippen molar-refractivity contribution in [3.05, 3.63) is 0 Å². The summed E-state index contributed by atoms with van der Waals surface area (Å²) >= 11 is 0. The Kier molecular flexibility index (Phi) is 14.4. The van der Waals surface area contributed by atoms with Crippen LogP contribution in [0.15, 0.2) is 0 Å². The summed E-state index contributed by atoms with van der Waals surface area (Å²) in [5.74, 6) is -1.18. The van der Waals surface area contributed by atoms with Gasteiger partial charge in [-0.25, -0.2) is 0 Å². The molecule has 124 valence electrons. The molecule has 0 rings (SSSR count). The number of carbonyl (C=O) groups is 2. The van der Waals surface area contributed by atoms with Crippen molar-refractivity contribution in [3.63, 3.8) is 0 Å². The Morgan fingerprint density at radius 3 is 1.48 bits per heavy atom. The Labute approximate surface area is 127 Å². The average Bonchev–Trinajstić information content (AvgIpc) is 2.46. The molecule has 0 N–H and O–H groups in total. The highest BCUT2D eigenvalue weighted by Gasteiger charge is 2.11. The molecule has 0 aromatic heterocycles. The third kappa shape index (κ3) is 15.1. The van der Waals surface area contributed by atoms with Crippen LogP contribution in [0, 0.1) is 0 Å². The van der Waals surface area contributed by atoms with Crippen LogP contribution < -0.4 is 0 Å². The first-order valence-corrected chi connectivity index (χ1v) is 7.67. The van der Waals surface area contributed by atoms with E-state index in [9.17, 15) is 9.59 Å². The van der Waals surface area contributed by atoms with E-state index in [0.29, 0.717) is 26.4 Å². The fraction of sp³-hybridized carbons (Fsp3) is 0.867. The number of hydrogen-bond acceptors (Lipinski definition) is 6. The molecule has 0 aliphatic heterocycles. The lowest BCUT2D eigenvalue weighted by atomic mass is 10.4. The SMILES string of the molecule is CCCCOCCOC(=O)CC(=O)OCCOCCCC. The minimum atomic E-state index is -0.592. The Balaban J connectivity index is 3.38. The minimum Gasteiger partial charge on any atom is -0.463 e. The van der Waals surface area contributed by atoms with Crippen LogP contribution in [-0.2, 0) is 28.5 Å². The quantitative estimate of drug-likeness (QED) is 0.278. The monoisotopic (exact) mass is 304 g/mol. The second kappa shape index (κ2) is 15.3. The summed E-state index contributed by atoms with van der Waals surface area (Å²) in [6.07, 6.45) is 3.73. The van der Waals surface area contributed by atoms with Crippen molar-refractivity contribution in [3.8, 4) is 0 Å². The van der Waals surface area contributed by atoms with Gasteiger partial charge in [-0.15, -0.1) is 0 Å². The first-order chi connectivity index (χ1) is 10.2. The average molecular weight is 304 g/mol. The van der Waals surface area contributed by atoms with Gasteiger partial charge in [0.05, 0.1) is 13.2 Å². The molecule has 6 heteroatoms. The third-order valence-electron chi connectivity index (χ3n) is 2.55. The second-order valence-electron chi connectivity index (χ2n) is 4.55. The lowest BCUT2D eigenvalue weighted by molar-refractivity contribution is -0.156. The van der Waals surface area contributed by atoms with Crippen molar-refractivity contribution in [2.24, 2.45) is 0 Å². The van der Waals surface area contributed by atoms with Gasteiger partial charge in [-0.2, -0.15) is 0 Å². The Morgan fingerprint density at radius 1 is 0.667 bits per heavy atom. The molecule has 0 aromatic carbocycles. The molecule has 21 heavy (non-hydrogen) atoms. The molecule has 0 unspecified atom stereocenters. The molecule has 0 saturated heterocycles. The van der Waals surface area contributed by atoms with Crippen molar-refractivity contribution >= 4 is 11.9 Å². The maximum atomic E-state index is 11.3. The molecule has 0 bridgehead atoms. The van der Waals surface area contributed by atoms with Crippen LogP contribution in [0.25, 0.3) is 0 Å². The van der Waals surface area contributed by atoms with E-state index in [1.54, 1.807) is 0 Å². The van der Waals surface area contributed by atoms with E-state index in [0.717, 1.165) is 25.7 Å². The number of hydrogen-bond donors (Lipinski definition) is 0. The molecule has 0 fully saturated rings. The Hall–Kier alpha value is -1.14. The molecule has 0 spiro atoms. The van der Waals surface area contributed by atoms with Gasteiger partial charge in [-0.1, -0.05) is 26.7 Å². The van der Waals surface area contributed by atoms with Crippen LogP contribution >= 0.6 is 0 Å². The smallest absolute Gasteiger partial charge is 0.317 e. The van der Waals surface area contributed by atoms with Crippen molar-refractivity contribution < 1.29 is 28.5 Å². The fourth-order valence-corrected chi connectivity index (χ4v) is 1.35. The number of ether oxygens (including phenoxy) is 4. The molecular formula is C15H28O6.